The molecular weight excluding hydrogens is 350 g/mol. The Balaban J connectivity index is 3.01. The van der Waals surface area contributed by atoms with E-state index in [1.54, 1.807) is 0 Å². The van der Waals surface area contributed by atoms with Crippen LogP contribution in [0.4, 0.5) is 0 Å². The average Bonchev–Trinajstić information content (AvgIpc) is 2.56. The predicted molar refractivity (Wildman–Crippen MR) is 116 cm³/mol. The molecule has 0 heterocycles. The van der Waals surface area contributed by atoms with Gasteiger partial charge >= 0.3 is 5.97 Å². The van der Waals surface area contributed by atoms with Crippen molar-refractivity contribution in [1.82, 2.24) is 4.90 Å². The summed E-state index contributed by atoms with van der Waals surface area (Å²) >= 11 is 0. The van der Waals surface area contributed by atoms with Crippen LogP contribution in [0.5, 0.6) is 0 Å². The lowest BCUT2D eigenvalue weighted by Gasteiger charge is -2.33. The van der Waals surface area contributed by atoms with Crippen LogP contribution in [0.1, 0.15) is 84.7 Å². The summed E-state index contributed by atoms with van der Waals surface area (Å²) in [6.07, 6.45) is -0.0289. The number of rotatable bonds is 9. The highest BCUT2D eigenvalue weighted by Crippen LogP contribution is 2.23. The zero-order valence-corrected chi connectivity index (χ0v) is 19.2. The topological polar surface area (TPSA) is 46.6 Å². The number of ether oxygens (including phenoxy) is 1. The van der Waals surface area contributed by atoms with Gasteiger partial charge in [-0.3, -0.25) is 14.5 Å². The van der Waals surface area contributed by atoms with Crippen molar-refractivity contribution >= 4 is 11.8 Å². The Labute approximate surface area is 171 Å². The molecule has 0 radical (unpaired) electrons. The summed E-state index contributed by atoms with van der Waals surface area (Å²) in [4.78, 5) is 27.8. The van der Waals surface area contributed by atoms with Crippen molar-refractivity contribution < 1.29 is 14.3 Å². The van der Waals surface area contributed by atoms with Crippen LogP contribution in [-0.2, 0) is 14.9 Å². The van der Waals surface area contributed by atoms with Gasteiger partial charge in [-0.1, -0.05) is 45.0 Å². The number of ketones is 1. The molecule has 1 aromatic rings. The van der Waals surface area contributed by atoms with E-state index in [0.29, 0.717) is 12.1 Å². The lowest BCUT2D eigenvalue weighted by atomic mass is 9.86. The van der Waals surface area contributed by atoms with Crippen LogP contribution in [-0.4, -0.2) is 41.4 Å². The second-order valence-electron chi connectivity index (χ2n) is 9.52. The zero-order chi connectivity index (χ0) is 21.6. The van der Waals surface area contributed by atoms with Gasteiger partial charge in [0.05, 0.1) is 12.0 Å². The second kappa shape index (κ2) is 10.2. The molecule has 0 aliphatic carbocycles. The van der Waals surface area contributed by atoms with Crippen molar-refractivity contribution in [2.75, 3.05) is 6.54 Å². The van der Waals surface area contributed by atoms with Gasteiger partial charge in [-0.2, -0.15) is 0 Å². The number of Topliss-reactive ketones (excluding diaryl/α,β-unsaturated/α-hetero) is 1. The van der Waals surface area contributed by atoms with E-state index < -0.39 is 5.92 Å². The SMILES string of the molecule is CC(C)OC(=O)C(CC(=O)c1ccc(C(C)(C)C)cc1)CN(C(C)C)C(C)C. The Morgan fingerprint density at radius 3 is 1.82 bits per heavy atom. The van der Waals surface area contributed by atoms with Gasteiger partial charge in [-0.15, -0.1) is 0 Å². The molecule has 0 amide bonds. The average molecular weight is 390 g/mol. The maximum Gasteiger partial charge on any atom is 0.310 e. The minimum Gasteiger partial charge on any atom is -0.463 e. The Morgan fingerprint density at radius 1 is 0.929 bits per heavy atom. The van der Waals surface area contributed by atoms with Crippen LogP contribution < -0.4 is 0 Å². The summed E-state index contributed by atoms with van der Waals surface area (Å²) in [7, 11) is 0. The van der Waals surface area contributed by atoms with Gasteiger partial charge < -0.3 is 4.74 Å². The Bertz CT molecular complexity index is 631. The summed E-state index contributed by atoms with van der Waals surface area (Å²) in [5, 5.41) is 0. The molecule has 0 aromatic heterocycles. The maximum absolute atomic E-state index is 12.9. The third-order valence-electron chi connectivity index (χ3n) is 4.95. The number of hydrogen-bond acceptors (Lipinski definition) is 4. The van der Waals surface area contributed by atoms with Gasteiger partial charge in [-0.05, 0) is 52.5 Å². The molecule has 158 valence electrons. The molecule has 0 saturated heterocycles. The van der Waals surface area contributed by atoms with Crippen LogP contribution in [0.2, 0.25) is 0 Å². The molecular formula is C24H39NO3. The third kappa shape index (κ3) is 7.38. The normalized spacial score (nSPS) is 13.5. The fourth-order valence-corrected chi connectivity index (χ4v) is 3.32. The van der Waals surface area contributed by atoms with Gasteiger partial charge in [0.2, 0.25) is 0 Å². The van der Waals surface area contributed by atoms with Gasteiger partial charge in [0.15, 0.2) is 5.78 Å². The first kappa shape index (κ1) is 24.4. The van der Waals surface area contributed by atoms with Gasteiger partial charge in [0, 0.05) is 30.6 Å². The highest BCUT2D eigenvalue weighted by atomic mass is 16.5. The Hall–Kier alpha value is -1.68. The number of carbonyl (C=O) groups is 2. The first-order chi connectivity index (χ1) is 12.8. The fraction of sp³-hybridized carbons (Fsp3) is 0.667. The van der Waals surface area contributed by atoms with Crippen LogP contribution in [0.3, 0.4) is 0 Å². The molecule has 0 spiro atoms. The monoisotopic (exact) mass is 389 g/mol. The van der Waals surface area contributed by atoms with Crippen molar-refractivity contribution in [2.24, 2.45) is 5.92 Å². The quantitative estimate of drug-likeness (QED) is 0.428. The van der Waals surface area contributed by atoms with Crippen molar-refractivity contribution in [2.45, 2.75) is 92.3 Å². The molecule has 0 fully saturated rings. The van der Waals surface area contributed by atoms with Crippen molar-refractivity contribution in [3.8, 4) is 0 Å². The zero-order valence-electron chi connectivity index (χ0n) is 19.2. The lowest BCUT2D eigenvalue weighted by Crippen LogP contribution is -2.43. The van der Waals surface area contributed by atoms with E-state index in [4.69, 9.17) is 4.74 Å². The highest BCUT2D eigenvalue weighted by Gasteiger charge is 2.29. The molecule has 0 aliphatic heterocycles. The summed E-state index contributed by atoms with van der Waals surface area (Å²) in [5.41, 5.74) is 1.88. The number of esters is 1. The first-order valence-electron chi connectivity index (χ1n) is 10.4. The first-order valence-corrected chi connectivity index (χ1v) is 10.4. The van der Waals surface area contributed by atoms with E-state index in [-0.39, 0.29) is 41.8 Å². The van der Waals surface area contributed by atoms with E-state index in [2.05, 4.69) is 53.4 Å². The van der Waals surface area contributed by atoms with Crippen LogP contribution in [0, 0.1) is 5.92 Å². The molecule has 1 unspecified atom stereocenters. The number of hydrogen-bond donors (Lipinski definition) is 0. The standard InChI is InChI=1S/C24H39NO3/c1-16(2)25(17(3)4)15-20(23(27)28-18(5)6)14-22(26)19-10-12-21(13-11-19)24(7,8)9/h10-13,16-18,20H,14-15H2,1-9H3. The second-order valence-corrected chi connectivity index (χ2v) is 9.52. The van der Waals surface area contributed by atoms with E-state index in [1.807, 2.05) is 38.1 Å². The van der Waals surface area contributed by atoms with Crippen LogP contribution in [0.25, 0.3) is 0 Å². The smallest absolute Gasteiger partial charge is 0.310 e. The molecule has 0 N–H and O–H groups in total. The minimum atomic E-state index is -0.470. The summed E-state index contributed by atoms with van der Waals surface area (Å²) < 4.78 is 5.46. The third-order valence-corrected chi connectivity index (χ3v) is 4.95. The van der Waals surface area contributed by atoms with Crippen molar-refractivity contribution in [3.63, 3.8) is 0 Å². The van der Waals surface area contributed by atoms with Crippen molar-refractivity contribution in [3.05, 3.63) is 35.4 Å². The van der Waals surface area contributed by atoms with E-state index >= 15 is 0 Å². The molecule has 1 atom stereocenters. The number of benzene rings is 1. The highest BCUT2D eigenvalue weighted by molar-refractivity contribution is 5.98. The summed E-state index contributed by atoms with van der Waals surface area (Å²) in [6.45, 7) is 19.1. The van der Waals surface area contributed by atoms with Gasteiger partial charge in [0.25, 0.3) is 0 Å². The van der Waals surface area contributed by atoms with Crippen molar-refractivity contribution in [1.29, 1.82) is 0 Å². The minimum absolute atomic E-state index is 0.0152. The maximum atomic E-state index is 12.9. The number of nitrogens with zero attached hydrogens (tertiary/aromatic N) is 1. The van der Waals surface area contributed by atoms with Crippen LogP contribution >= 0.6 is 0 Å². The van der Waals surface area contributed by atoms with Gasteiger partial charge in [-0.25, -0.2) is 0 Å². The van der Waals surface area contributed by atoms with E-state index in [9.17, 15) is 9.59 Å². The predicted octanol–water partition coefficient (Wildman–Crippen LogP) is 5.24. The molecule has 1 aromatic carbocycles. The largest absolute Gasteiger partial charge is 0.463 e. The van der Waals surface area contributed by atoms with Gasteiger partial charge in [0.1, 0.15) is 0 Å². The molecule has 1 rings (SSSR count). The summed E-state index contributed by atoms with van der Waals surface area (Å²) in [6, 6.07) is 8.32. The van der Waals surface area contributed by atoms with Crippen LogP contribution in [0.15, 0.2) is 24.3 Å². The van der Waals surface area contributed by atoms with E-state index in [0.717, 1.165) is 0 Å². The molecule has 4 heteroatoms. The van der Waals surface area contributed by atoms with E-state index in [1.165, 1.54) is 5.56 Å². The fourth-order valence-electron chi connectivity index (χ4n) is 3.32. The molecule has 28 heavy (non-hydrogen) atoms. The summed E-state index contributed by atoms with van der Waals surface area (Å²) in [5.74, 6) is -0.776. The Morgan fingerprint density at radius 2 is 1.43 bits per heavy atom. The number of carbonyl (C=O) groups excluding carboxylic acids is 2. The lowest BCUT2D eigenvalue weighted by molar-refractivity contribution is -0.153. The molecule has 4 nitrogen and oxygen atoms in total. The Kier molecular flexibility index (Phi) is 8.87. The molecule has 0 aliphatic rings. The molecule has 0 bridgehead atoms. The molecule has 0 saturated carbocycles.